The molecule has 2 aromatic carbocycles. The number of carbonyl (C=O) groups is 2. The zero-order valence-corrected chi connectivity index (χ0v) is 15.4. The lowest BCUT2D eigenvalue weighted by molar-refractivity contribution is 0.0535. The van der Waals surface area contributed by atoms with Gasteiger partial charge in [-0.1, -0.05) is 30.3 Å². The molecule has 0 spiro atoms. The zero-order chi connectivity index (χ0) is 19.3. The Balaban J connectivity index is 1.34. The lowest BCUT2D eigenvalue weighted by atomic mass is 10.1. The highest BCUT2D eigenvalue weighted by Gasteiger charge is 2.25. The van der Waals surface area contributed by atoms with E-state index in [2.05, 4.69) is 10.1 Å². The minimum atomic E-state index is -0.000819. The van der Waals surface area contributed by atoms with Gasteiger partial charge in [0.25, 0.3) is 11.8 Å². The highest BCUT2D eigenvalue weighted by Crippen LogP contribution is 2.13. The molecule has 4 rings (SSSR count). The first-order chi connectivity index (χ1) is 13.7. The van der Waals surface area contributed by atoms with Gasteiger partial charge in [-0.3, -0.25) is 9.59 Å². The molecule has 7 nitrogen and oxygen atoms in total. The summed E-state index contributed by atoms with van der Waals surface area (Å²) in [6.07, 6.45) is 3.16. The van der Waals surface area contributed by atoms with E-state index in [1.165, 1.54) is 6.33 Å². The van der Waals surface area contributed by atoms with Crippen LogP contribution in [0.25, 0.3) is 0 Å². The van der Waals surface area contributed by atoms with E-state index in [4.69, 9.17) is 0 Å². The Morgan fingerprint density at radius 3 is 1.89 bits per heavy atom. The molecule has 7 heteroatoms. The molecule has 2 heterocycles. The number of amides is 2. The molecule has 0 unspecified atom stereocenters. The number of carbonyl (C=O) groups excluding carboxylic acids is 2. The molecule has 1 aliphatic heterocycles. The Morgan fingerprint density at radius 1 is 0.786 bits per heavy atom. The van der Waals surface area contributed by atoms with E-state index in [0.29, 0.717) is 43.9 Å². The monoisotopic (exact) mass is 375 g/mol. The average Bonchev–Trinajstić information content (AvgIpc) is 3.27. The van der Waals surface area contributed by atoms with Gasteiger partial charge in [0.05, 0.1) is 6.54 Å². The van der Waals surface area contributed by atoms with Gasteiger partial charge in [0.1, 0.15) is 12.7 Å². The highest BCUT2D eigenvalue weighted by atomic mass is 16.2. The molecular formula is C21H21N5O2. The summed E-state index contributed by atoms with van der Waals surface area (Å²) < 4.78 is 1.74. The Bertz CT molecular complexity index is 931. The number of nitrogens with zero attached hydrogens (tertiary/aromatic N) is 5. The third-order valence-electron chi connectivity index (χ3n) is 4.89. The molecular weight excluding hydrogens is 354 g/mol. The Labute approximate surface area is 163 Å². The van der Waals surface area contributed by atoms with Crippen molar-refractivity contribution in [2.24, 2.45) is 0 Å². The second-order valence-electron chi connectivity index (χ2n) is 6.74. The summed E-state index contributed by atoms with van der Waals surface area (Å²) in [5.41, 5.74) is 2.40. The Kier molecular flexibility index (Phi) is 5.14. The maximum atomic E-state index is 12.8. The van der Waals surface area contributed by atoms with Crippen molar-refractivity contribution in [3.05, 3.63) is 83.9 Å². The van der Waals surface area contributed by atoms with Crippen molar-refractivity contribution in [2.45, 2.75) is 6.54 Å². The van der Waals surface area contributed by atoms with Crippen LogP contribution in [-0.4, -0.2) is 62.6 Å². The van der Waals surface area contributed by atoms with Crippen LogP contribution in [0.2, 0.25) is 0 Å². The predicted molar refractivity (Wildman–Crippen MR) is 104 cm³/mol. The van der Waals surface area contributed by atoms with Crippen LogP contribution in [0.1, 0.15) is 26.3 Å². The van der Waals surface area contributed by atoms with Crippen molar-refractivity contribution in [1.82, 2.24) is 24.6 Å². The number of rotatable bonds is 4. The molecule has 0 saturated carbocycles. The molecule has 0 bridgehead atoms. The van der Waals surface area contributed by atoms with Crippen LogP contribution in [0.5, 0.6) is 0 Å². The quantitative estimate of drug-likeness (QED) is 0.699. The number of hydrogen-bond acceptors (Lipinski definition) is 4. The number of aromatic nitrogens is 3. The largest absolute Gasteiger partial charge is 0.335 e. The number of hydrogen-bond donors (Lipinski definition) is 0. The van der Waals surface area contributed by atoms with Crippen molar-refractivity contribution in [3.63, 3.8) is 0 Å². The molecule has 1 fully saturated rings. The van der Waals surface area contributed by atoms with Gasteiger partial charge < -0.3 is 9.80 Å². The van der Waals surface area contributed by atoms with E-state index in [1.54, 1.807) is 20.8 Å². The molecule has 2 amide bonds. The summed E-state index contributed by atoms with van der Waals surface area (Å²) in [7, 11) is 0. The van der Waals surface area contributed by atoms with E-state index in [1.807, 2.05) is 54.6 Å². The molecule has 0 N–H and O–H groups in total. The SMILES string of the molecule is O=C(c1ccccc1)N1CCN(C(=O)c2ccc(Cn3cncn3)cc2)CC1. The molecule has 1 saturated heterocycles. The third-order valence-corrected chi connectivity index (χ3v) is 4.89. The van der Waals surface area contributed by atoms with E-state index < -0.39 is 0 Å². The van der Waals surface area contributed by atoms with E-state index >= 15 is 0 Å². The Morgan fingerprint density at radius 2 is 1.36 bits per heavy atom. The summed E-state index contributed by atoms with van der Waals surface area (Å²) in [4.78, 5) is 32.8. The van der Waals surface area contributed by atoms with E-state index in [9.17, 15) is 9.59 Å². The van der Waals surface area contributed by atoms with Crippen molar-refractivity contribution in [3.8, 4) is 0 Å². The lowest BCUT2D eigenvalue weighted by Crippen LogP contribution is -2.50. The second-order valence-corrected chi connectivity index (χ2v) is 6.74. The topological polar surface area (TPSA) is 71.3 Å². The van der Waals surface area contributed by atoms with Crippen LogP contribution >= 0.6 is 0 Å². The molecule has 0 aliphatic carbocycles. The van der Waals surface area contributed by atoms with Gasteiger partial charge in [-0.2, -0.15) is 5.10 Å². The van der Waals surface area contributed by atoms with Crippen LogP contribution in [0.3, 0.4) is 0 Å². The maximum absolute atomic E-state index is 12.8. The average molecular weight is 375 g/mol. The number of piperazine rings is 1. The van der Waals surface area contributed by atoms with Crippen molar-refractivity contribution in [2.75, 3.05) is 26.2 Å². The minimum Gasteiger partial charge on any atom is -0.335 e. The van der Waals surface area contributed by atoms with Gasteiger partial charge in [-0.25, -0.2) is 9.67 Å². The summed E-state index contributed by atoms with van der Waals surface area (Å²) in [5, 5.41) is 4.08. The third kappa shape index (κ3) is 3.93. The van der Waals surface area contributed by atoms with Crippen LogP contribution in [-0.2, 0) is 6.54 Å². The van der Waals surface area contributed by atoms with Crippen LogP contribution < -0.4 is 0 Å². The molecule has 1 aliphatic rings. The summed E-state index contributed by atoms with van der Waals surface area (Å²) in [5.74, 6) is 0.0179. The van der Waals surface area contributed by atoms with Gasteiger partial charge >= 0.3 is 0 Å². The van der Waals surface area contributed by atoms with Crippen LogP contribution in [0.4, 0.5) is 0 Å². The predicted octanol–water partition coefficient (Wildman–Crippen LogP) is 1.92. The molecule has 3 aromatic rings. The van der Waals surface area contributed by atoms with Gasteiger partial charge in [0, 0.05) is 37.3 Å². The highest BCUT2D eigenvalue weighted by molar-refractivity contribution is 5.96. The fraction of sp³-hybridized carbons (Fsp3) is 0.238. The normalized spacial score (nSPS) is 14.1. The molecule has 0 atom stereocenters. The Hall–Kier alpha value is -3.48. The second kappa shape index (κ2) is 8.04. The molecule has 142 valence electrons. The maximum Gasteiger partial charge on any atom is 0.253 e. The van der Waals surface area contributed by atoms with E-state index in [-0.39, 0.29) is 11.8 Å². The number of benzene rings is 2. The van der Waals surface area contributed by atoms with Gasteiger partial charge in [-0.05, 0) is 29.8 Å². The summed E-state index contributed by atoms with van der Waals surface area (Å²) in [6.45, 7) is 2.79. The van der Waals surface area contributed by atoms with Crippen LogP contribution in [0.15, 0.2) is 67.3 Å². The fourth-order valence-corrected chi connectivity index (χ4v) is 3.31. The molecule has 1 aromatic heterocycles. The lowest BCUT2D eigenvalue weighted by Gasteiger charge is -2.35. The smallest absolute Gasteiger partial charge is 0.253 e. The van der Waals surface area contributed by atoms with Crippen molar-refractivity contribution >= 4 is 11.8 Å². The zero-order valence-electron chi connectivity index (χ0n) is 15.4. The minimum absolute atomic E-state index is 0.000819. The molecule has 0 radical (unpaired) electrons. The van der Waals surface area contributed by atoms with Gasteiger partial charge in [0.2, 0.25) is 0 Å². The van der Waals surface area contributed by atoms with Gasteiger partial charge in [0.15, 0.2) is 0 Å². The molecule has 28 heavy (non-hydrogen) atoms. The van der Waals surface area contributed by atoms with Crippen LogP contribution in [0, 0.1) is 0 Å². The van der Waals surface area contributed by atoms with E-state index in [0.717, 1.165) is 5.56 Å². The standard InChI is InChI=1S/C21H21N5O2/c27-20(18-4-2-1-3-5-18)24-10-12-25(13-11-24)21(28)19-8-6-17(7-9-19)14-26-16-22-15-23-26/h1-9,15-16H,10-14H2. The first kappa shape index (κ1) is 17.9. The first-order valence-electron chi connectivity index (χ1n) is 9.26. The van der Waals surface area contributed by atoms with Crippen molar-refractivity contribution < 1.29 is 9.59 Å². The van der Waals surface area contributed by atoms with Gasteiger partial charge in [-0.15, -0.1) is 0 Å². The summed E-state index contributed by atoms with van der Waals surface area (Å²) >= 11 is 0. The summed E-state index contributed by atoms with van der Waals surface area (Å²) in [6, 6.07) is 16.8. The van der Waals surface area contributed by atoms with Crippen molar-refractivity contribution in [1.29, 1.82) is 0 Å². The first-order valence-corrected chi connectivity index (χ1v) is 9.26. The fourth-order valence-electron chi connectivity index (χ4n) is 3.31.